The lowest BCUT2D eigenvalue weighted by Crippen LogP contribution is -2.37. The highest BCUT2D eigenvalue weighted by Crippen LogP contribution is 2.30. The maximum Gasteiger partial charge on any atom is 0.273 e. The summed E-state index contributed by atoms with van der Waals surface area (Å²) in [5.74, 6) is 0.332. The smallest absolute Gasteiger partial charge is 0.273 e. The number of carbonyl (C=O) groups is 1. The van der Waals surface area contributed by atoms with Gasteiger partial charge in [-0.1, -0.05) is 0 Å². The van der Waals surface area contributed by atoms with E-state index in [9.17, 15) is 4.79 Å². The van der Waals surface area contributed by atoms with Crippen molar-refractivity contribution in [2.75, 3.05) is 20.2 Å². The number of rotatable bonds is 5. The van der Waals surface area contributed by atoms with Gasteiger partial charge in [0.2, 0.25) is 0 Å². The lowest BCUT2D eigenvalue weighted by Gasteiger charge is -2.11. The third-order valence-corrected chi connectivity index (χ3v) is 3.09. The van der Waals surface area contributed by atoms with Gasteiger partial charge in [-0.2, -0.15) is 0 Å². The molecule has 1 saturated heterocycles. The zero-order chi connectivity index (χ0) is 13.0. The molecule has 2 atom stereocenters. The van der Waals surface area contributed by atoms with E-state index < -0.39 is 0 Å². The van der Waals surface area contributed by atoms with Gasteiger partial charge in [-0.05, 0) is 26.8 Å². The first kappa shape index (κ1) is 13.0. The summed E-state index contributed by atoms with van der Waals surface area (Å²) < 4.78 is 10.8. The fourth-order valence-corrected chi connectivity index (χ4v) is 1.87. The Hall–Kier alpha value is -1.40. The number of ether oxygens (including phenoxy) is 1. The molecule has 0 aromatic carbocycles. The molecule has 1 fully saturated rings. The summed E-state index contributed by atoms with van der Waals surface area (Å²) in [6.45, 7) is 3.25. The van der Waals surface area contributed by atoms with Gasteiger partial charge in [-0.15, -0.1) is 0 Å². The molecule has 1 aliphatic rings. The summed E-state index contributed by atoms with van der Waals surface area (Å²) in [5.41, 5.74) is 0.338. The number of oxazole rings is 1. The number of hydrogen-bond acceptors (Lipinski definition) is 5. The minimum Gasteiger partial charge on any atom is -0.445 e. The van der Waals surface area contributed by atoms with Crippen LogP contribution in [0.3, 0.4) is 0 Å². The average Bonchev–Trinajstić information content (AvgIpc) is 3.04. The van der Waals surface area contributed by atoms with E-state index in [0.29, 0.717) is 24.6 Å². The van der Waals surface area contributed by atoms with Crippen LogP contribution in [0, 0.1) is 0 Å². The summed E-state index contributed by atoms with van der Waals surface area (Å²) >= 11 is 0. The molecule has 2 unspecified atom stereocenters. The molecule has 6 nitrogen and oxygen atoms in total. The van der Waals surface area contributed by atoms with Crippen LogP contribution < -0.4 is 10.6 Å². The van der Waals surface area contributed by atoms with Crippen molar-refractivity contribution >= 4 is 5.91 Å². The summed E-state index contributed by atoms with van der Waals surface area (Å²) in [5, 5.41) is 5.87. The third-order valence-electron chi connectivity index (χ3n) is 3.09. The Balaban J connectivity index is 1.99. The molecule has 0 spiro atoms. The molecular weight excluding hydrogens is 234 g/mol. The topological polar surface area (TPSA) is 76.4 Å². The normalized spacial score (nSPS) is 20.9. The molecule has 1 aromatic heterocycles. The van der Waals surface area contributed by atoms with E-state index in [1.54, 1.807) is 0 Å². The van der Waals surface area contributed by atoms with Crippen molar-refractivity contribution < 1.29 is 13.9 Å². The second-order valence-corrected chi connectivity index (χ2v) is 4.47. The summed E-state index contributed by atoms with van der Waals surface area (Å²) in [6, 6.07) is 0.215. The number of carbonyl (C=O) groups excluding carboxylic acids is 1. The Labute approximate surface area is 106 Å². The Bertz CT molecular complexity index is 399. The highest BCUT2D eigenvalue weighted by molar-refractivity contribution is 5.93. The second kappa shape index (κ2) is 5.97. The number of nitrogens with zero attached hydrogens (tertiary/aromatic N) is 1. The Morgan fingerprint density at radius 1 is 1.67 bits per heavy atom. The van der Waals surface area contributed by atoms with Crippen molar-refractivity contribution in [1.82, 2.24) is 15.6 Å². The summed E-state index contributed by atoms with van der Waals surface area (Å²) in [7, 11) is 1.85. The first-order chi connectivity index (χ1) is 8.72. The zero-order valence-corrected chi connectivity index (χ0v) is 10.7. The van der Waals surface area contributed by atoms with Crippen LogP contribution in [0.2, 0.25) is 0 Å². The van der Waals surface area contributed by atoms with Crippen molar-refractivity contribution in [2.24, 2.45) is 0 Å². The van der Waals surface area contributed by atoms with Crippen LogP contribution in [0.1, 0.15) is 42.1 Å². The van der Waals surface area contributed by atoms with E-state index in [4.69, 9.17) is 9.15 Å². The Morgan fingerprint density at radius 2 is 2.50 bits per heavy atom. The molecule has 1 aliphatic heterocycles. The van der Waals surface area contributed by atoms with E-state index in [2.05, 4.69) is 15.6 Å². The third kappa shape index (κ3) is 2.88. The fourth-order valence-electron chi connectivity index (χ4n) is 1.87. The van der Waals surface area contributed by atoms with Gasteiger partial charge in [0.15, 0.2) is 17.8 Å². The van der Waals surface area contributed by atoms with Crippen molar-refractivity contribution in [1.29, 1.82) is 0 Å². The van der Waals surface area contributed by atoms with Gasteiger partial charge in [0.05, 0.1) is 0 Å². The first-order valence-electron chi connectivity index (χ1n) is 6.22. The molecule has 2 rings (SSSR count). The maximum atomic E-state index is 12.0. The lowest BCUT2D eigenvalue weighted by molar-refractivity contribution is 0.0860. The molecule has 1 amide bonds. The zero-order valence-electron chi connectivity index (χ0n) is 10.7. The molecule has 2 heterocycles. The van der Waals surface area contributed by atoms with Gasteiger partial charge in [0, 0.05) is 19.2 Å². The monoisotopic (exact) mass is 253 g/mol. The number of nitrogens with one attached hydrogen (secondary N) is 2. The largest absolute Gasteiger partial charge is 0.445 e. The summed E-state index contributed by atoms with van der Waals surface area (Å²) in [4.78, 5) is 16.0. The summed E-state index contributed by atoms with van der Waals surface area (Å²) in [6.07, 6.45) is 3.04. The van der Waals surface area contributed by atoms with E-state index in [0.717, 1.165) is 12.8 Å². The molecule has 100 valence electrons. The first-order valence-corrected chi connectivity index (χ1v) is 6.22. The van der Waals surface area contributed by atoms with E-state index in [1.165, 1.54) is 6.39 Å². The average molecular weight is 253 g/mol. The van der Waals surface area contributed by atoms with Gasteiger partial charge >= 0.3 is 0 Å². The minimum atomic E-state index is -0.212. The van der Waals surface area contributed by atoms with Crippen molar-refractivity contribution in [2.45, 2.75) is 31.9 Å². The molecular formula is C12H19N3O3. The number of amides is 1. The van der Waals surface area contributed by atoms with Crippen molar-refractivity contribution in [3.8, 4) is 0 Å². The lowest BCUT2D eigenvalue weighted by atomic mass is 10.1. The van der Waals surface area contributed by atoms with Crippen LogP contribution in [-0.4, -0.2) is 37.1 Å². The van der Waals surface area contributed by atoms with E-state index in [-0.39, 0.29) is 18.1 Å². The van der Waals surface area contributed by atoms with Gasteiger partial charge in [-0.25, -0.2) is 4.98 Å². The van der Waals surface area contributed by atoms with Gasteiger partial charge < -0.3 is 19.8 Å². The van der Waals surface area contributed by atoms with Gasteiger partial charge in [0.1, 0.15) is 6.10 Å². The molecule has 6 heteroatoms. The molecule has 0 radical (unpaired) electrons. The number of likely N-dealkylation sites (N-methyl/N-ethyl adjacent to an activating group) is 1. The van der Waals surface area contributed by atoms with Crippen LogP contribution in [0.5, 0.6) is 0 Å². The van der Waals surface area contributed by atoms with E-state index in [1.807, 2.05) is 14.0 Å². The van der Waals surface area contributed by atoms with Crippen LogP contribution in [-0.2, 0) is 4.74 Å². The molecule has 1 aromatic rings. The molecule has 2 N–H and O–H groups in total. The highest BCUT2D eigenvalue weighted by atomic mass is 16.5. The predicted octanol–water partition coefficient (Wildman–Crippen LogP) is 0.864. The predicted molar refractivity (Wildman–Crippen MR) is 65.3 cm³/mol. The van der Waals surface area contributed by atoms with E-state index >= 15 is 0 Å². The molecule has 0 saturated carbocycles. The molecule has 18 heavy (non-hydrogen) atoms. The molecule has 0 bridgehead atoms. The Kier molecular flexibility index (Phi) is 4.33. The Morgan fingerprint density at radius 3 is 3.17 bits per heavy atom. The maximum absolute atomic E-state index is 12.0. The number of aromatic nitrogens is 1. The van der Waals surface area contributed by atoms with Crippen LogP contribution in [0.15, 0.2) is 10.8 Å². The highest BCUT2D eigenvalue weighted by Gasteiger charge is 2.27. The molecule has 0 aliphatic carbocycles. The quantitative estimate of drug-likeness (QED) is 0.814. The van der Waals surface area contributed by atoms with Gasteiger partial charge in [0.25, 0.3) is 5.91 Å². The van der Waals surface area contributed by atoms with Crippen LogP contribution >= 0.6 is 0 Å². The standard InChI is InChI=1S/C12H19N3O3/c1-8(13-2)6-14-12(16)10-11(18-7-15-10)9-4-3-5-17-9/h7-9,13H,3-6H2,1-2H3,(H,14,16). The second-order valence-electron chi connectivity index (χ2n) is 4.47. The van der Waals surface area contributed by atoms with Crippen molar-refractivity contribution in [3.05, 3.63) is 17.8 Å². The number of hydrogen-bond donors (Lipinski definition) is 2. The van der Waals surface area contributed by atoms with Crippen LogP contribution in [0.25, 0.3) is 0 Å². The SMILES string of the molecule is CNC(C)CNC(=O)c1ncoc1C1CCCO1. The van der Waals surface area contributed by atoms with Gasteiger partial charge in [-0.3, -0.25) is 4.79 Å². The fraction of sp³-hybridized carbons (Fsp3) is 0.667. The van der Waals surface area contributed by atoms with Crippen molar-refractivity contribution in [3.63, 3.8) is 0 Å². The van der Waals surface area contributed by atoms with Crippen LogP contribution in [0.4, 0.5) is 0 Å². The minimum absolute atomic E-state index is 0.130.